The Morgan fingerprint density at radius 1 is 0.667 bits per heavy atom. The predicted molar refractivity (Wildman–Crippen MR) is 109 cm³/mol. The minimum atomic E-state index is -1.02. The molecular formula is C20H40O9Ti. The van der Waals surface area contributed by atoms with Crippen molar-refractivity contribution in [1.29, 1.82) is 0 Å². The van der Waals surface area contributed by atoms with E-state index in [0.717, 1.165) is 46.1 Å². The van der Waals surface area contributed by atoms with E-state index in [-0.39, 0.29) is 11.6 Å². The van der Waals surface area contributed by atoms with Crippen molar-refractivity contribution in [2.24, 2.45) is 11.8 Å². The third-order valence-corrected chi connectivity index (χ3v) is 3.42. The van der Waals surface area contributed by atoms with E-state index in [1.807, 2.05) is 0 Å². The van der Waals surface area contributed by atoms with Gasteiger partial charge < -0.3 is 20.4 Å². The molecule has 0 aromatic heterocycles. The molecule has 0 aromatic rings. The second-order valence-electron chi connectivity index (χ2n) is 5.97. The Morgan fingerprint density at radius 2 is 0.900 bits per heavy atom. The number of aliphatic hydroxyl groups excluding tert-OH is 2. The Hall–Kier alpha value is -1.29. The van der Waals surface area contributed by atoms with Crippen LogP contribution in [0.25, 0.3) is 0 Å². The minimum absolute atomic E-state index is 0.273. The number of aliphatic carboxylic acids is 2. The van der Waals surface area contributed by atoms with Crippen molar-refractivity contribution >= 4 is 23.5 Å². The molecule has 0 aliphatic carbocycles. The van der Waals surface area contributed by atoms with Crippen LogP contribution in [0.3, 0.4) is 0 Å². The van der Waals surface area contributed by atoms with Gasteiger partial charge in [-0.3, -0.25) is 19.2 Å². The molecule has 4 N–H and O–H groups in total. The van der Waals surface area contributed by atoms with E-state index in [4.69, 9.17) is 23.8 Å². The molecule has 9 nitrogen and oxygen atoms in total. The molecule has 2 atom stereocenters. The molecule has 0 aliphatic rings. The third-order valence-electron chi connectivity index (χ3n) is 3.42. The summed E-state index contributed by atoms with van der Waals surface area (Å²) >= 11 is 0.750. The van der Waals surface area contributed by atoms with Gasteiger partial charge in [0.1, 0.15) is 23.4 Å². The average Bonchev–Trinajstić information content (AvgIpc) is 2.66. The molecule has 0 spiro atoms. The summed E-state index contributed by atoms with van der Waals surface area (Å²) in [6.07, 6.45) is 4.84. The van der Waals surface area contributed by atoms with Gasteiger partial charge in [0.15, 0.2) is 0 Å². The Balaban J connectivity index is -0.0000000931. The summed E-state index contributed by atoms with van der Waals surface area (Å²) in [5, 5.41) is 32.8. The van der Waals surface area contributed by atoms with Crippen molar-refractivity contribution in [1.82, 2.24) is 0 Å². The molecule has 10 heteroatoms. The molecule has 0 rings (SSSR count). The maximum absolute atomic E-state index is 10.4. The van der Waals surface area contributed by atoms with Crippen LogP contribution < -0.4 is 0 Å². The predicted octanol–water partition coefficient (Wildman–Crippen LogP) is 2.81. The number of ketones is 2. The molecule has 0 bridgehead atoms. The van der Waals surface area contributed by atoms with Crippen LogP contribution >= 0.6 is 0 Å². The molecule has 0 radical (unpaired) electrons. The first-order valence-electron chi connectivity index (χ1n) is 9.90. The Morgan fingerprint density at radius 3 is 0.900 bits per heavy atom. The van der Waals surface area contributed by atoms with E-state index in [0.29, 0.717) is 26.1 Å². The summed E-state index contributed by atoms with van der Waals surface area (Å²) in [5.74, 6) is -4.19. The Labute approximate surface area is 192 Å². The van der Waals surface area contributed by atoms with Crippen molar-refractivity contribution in [3.05, 3.63) is 0 Å². The maximum atomic E-state index is 10.4. The Bertz CT molecular complexity index is 359. The number of carboxylic acids is 2. The monoisotopic (exact) mass is 472 g/mol. The topological polar surface area (TPSA) is 166 Å². The number of carbonyl (C=O) groups is 4. The van der Waals surface area contributed by atoms with E-state index in [1.165, 1.54) is 13.8 Å². The van der Waals surface area contributed by atoms with Crippen LogP contribution in [0.4, 0.5) is 0 Å². The first kappa shape index (κ1) is 39.2. The van der Waals surface area contributed by atoms with E-state index in [1.54, 1.807) is 13.8 Å². The van der Waals surface area contributed by atoms with Gasteiger partial charge in [0.25, 0.3) is 0 Å². The number of carbonyl (C=O) groups excluding carboxylic acids is 2. The zero-order valence-electron chi connectivity index (χ0n) is 19.1. The fraction of sp³-hybridized carbons (Fsp3) is 0.800. The molecule has 0 amide bonds. The number of hydrogen-bond donors (Lipinski definition) is 4. The zero-order chi connectivity index (χ0) is 25.1. The number of hydrogen-bond acceptors (Lipinski definition) is 7. The van der Waals surface area contributed by atoms with E-state index in [9.17, 15) is 19.2 Å². The molecule has 0 fully saturated rings. The van der Waals surface area contributed by atoms with Gasteiger partial charge in [0.2, 0.25) is 0 Å². The standard InChI is InChI=1S/2C6H10O3.2C4H10O.O.Ti/c2*1-3-5(4(2)7)6(8)9;2*1-2-3-4-5;;/h2*5H,3H2,1-2H3,(H,8,9);2*5H,2-4H2,1H3;;. The second-order valence-corrected chi connectivity index (χ2v) is 5.97. The molecule has 30 heavy (non-hydrogen) atoms. The SMILES string of the molecule is CCC(C(C)=O)C(=O)O.CCC(C(C)=O)C(=O)O.CCCCO.CCCCO.[O]=[Ti]. The van der Waals surface area contributed by atoms with Crippen molar-refractivity contribution in [2.75, 3.05) is 13.2 Å². The summed E-state index contributed by atoms with van der Waals surface area (Å²) in [7, 11) is 0. The van der Waals surface area contributed by atoms with E-state index < -0.39 is 23.8 Å². The van der Waals surface area contributed by atoms with Crippen molar-refractivity contribution in [3.63, 3.8) is 0 Å². The van der Waals surface area contributed by atoms with Crippen molar-refractivity contribution in [3.8, 4) is 0 Å². The Kier molecular flexibility index (Phi) is 42.3. The number of carboxylic acid groups (broad SMARTS) is 2. The summed E-state index contributed by atoms with van der Waals surface area (Å²) in [6.45, 7) is 10.7. The molecule has 0 aliphatic heterocycles. The number of unbranched alkanes of at least 4 members (excludes halogenated alkanes) is 2. The van der Waals surface area contributed by atoms with Crippen molar-refractivity contribution in [2.45, 2.75) is 80.1 Å². The first-order chi connectivity index (χ1) is 14.0. The van der Waals surface area contributed by atoms with Crippen LogP contribution in [0.1, 0.15) is 80.1 Å². The van der Waals surface area contributed by atoms with Crippen LogP contribution in [0, 0.1) is 11.8 Å². The molecule has 0 heterocycles. The van der Waals surface area contributed by atoms with E-state index in [2.05, 4.69) is 13.8 Å². The molecule has 2 unspecified atom stereocenters. The summed E-state index contributed by atoms with van der Waals surface area (Å²) in [4.78, 5) is 41.2. The number of aliphatic hydroxyl groups is 2. The van der Waals surface area contributed by atoms with Gasteiger partial charge >= 0.3 is 35.7 Å². The van der Waals surface area contributed by atoms with Crippen LogP contribution in [0.5, 0.6) is 0 Å². The third kappa shape index (κ3) is 34.2. The van der Waals surface area contributed by atoms with Crippen LogP contribution in [-0.4, -0.2) is 57.1 Å². The summed E-state index contributed by atoms with van der Waals surface area (Å²) < 4.78 is 8.25. The van der Waals surface area contributed by atoms with E-state index >= 15 is 0 Å². The van der Waals surface area contributed by atoms with Crippen LogP contribution in [0.15, 0.2) is 0 Å². The fourth-order valence-corrected chi connectivity index (χ4v) is 1.59. The molecule has 178 valence electrons. The quantitative estimate of drug-likeness (QED) is 0.276. The molecular weight excluding hydrogens is 432 g/mol. The number of Topliss-reactive ketones (excluding diaryl/α,β-unsaturated/α-hetero) is 2. The molecule has 0 saturated heterocycles. The van der Waals surface area contributed by atoms with Gasteiger partial charge in [0, 0.05) is 13.2 Å². The zero-order valence-corrected chi connectivity index (χ0v) is 20.7. The normalized spacial score (nSPS) is 10.5. The molecule has 0 aromatic carbocycles. The van der Waals surface area contributed by atoms with Gasteiger partial charge in [-0.15, -0.1) is 0 Å². The van der Waals surface area contributed by atoms with Gasteiger partial charge in [-0.25, -0.2) is 0 Å². The van der Waals surface area contributed by atoms with Crippen molar-refractivity contribution < 1.29 is 63.3 Å². The van der Waals surface area contributed by atoms with Gasteiger partial charge in [-0.1, -0.05) is 40.5 Å². The van der Waals surface area contributed by atoms with Gasteiger partial charge in [0.05, 0.1) is 0 Å². The summed E-state index contributed by atoms with van der Waals surface area (Å²) in [5.41, 5.74) is 0. The van der Waals surface area contributed by atoms with Gasteiger partial charge in [-0.05, 0) is 39.5 Å². The average molecular weight is 472 g/mol. The first-order valence-corrected chi connectivity index (χ1v) is 10.5. The number of rotatable bonds is 10. The van der Waals surface area contributed by atoms with Gasteiger partial charge in [-0.2, -0.15) is 0 Å². The van der Waals surface area contributed by atoms with Crippen LogP contribution in [-0.2, 0) is 42.9 Å². The summed E-state index contributed by atoms with van der Waals surface area (Å²) in [6, 6.07) is 0. The second kappa shape index (κ2) is 32.4. The van der Waals surface area contributed by atoms with Crippen LogP contribution in [0.2, 0.25) is 0 Å². The molecule has 0 saturated carbocycles. The fourth-order valence-electron chi connectivity index (χ4n) is 1.59.